The topological polar surface area (TPSA) is 80.9 Å². The second-order valence-corrected chi connectivity index (χ2v) is 2.06. The van der Waals surface area contributed by atoms with Gasteiger partial charge in [0.25, 0.3) is 0 Å². The molecule has 0 rings (SSSR count). The van der Waals surface area contributed by atoms with Gasteiger partial charge in [0.15, 0.2) is 0 Å². The van der Waals surface area contributed by atoms with Gasteiger partial charge in [-0.05, 0) is 13.8 Å². The molecule has 16 heavy (non-hydrogen) atoms. The van der Waals surface area contributed by atoms with Crippen molar-refractivity contribution in [3.05, 3.63) is 0 Å². The number of halogens is 6. The molecule has 0 amide bonds. The Hall–Kier alpha value is 1.58. The largest absolute Gasteiger partial charge is 0.394 e. The molecule has 0 saturated heterocycles. The molecule has 0 aromatic carbocycles. The van der Waals surface area contributed by atoms with Gasteiger partial charge in [0.05, 0.1) is 25.4 Å². The quantitative estimate of drug-likeness (QED) is 0.589. The Bertz CT molecular complexity index is 61.0. The Balaban J connectivity index is -0.00000000970. The molecule has 112 valence electrons. The maximum Gasteiger partial charge on any atom is 0.0742 e. The first kappa shape index (κ1) is 52.7. The third kappa shape index (κ3) is 106. The molecule has 2 atom stereocenters. The minimum atomic E-state index is -0.560. The summed E-state index contributed by atoms with van der Waals surface area (Å²) in [4.78, 5) is 0. The van der Waals surface area contributed by atoms with Crippen LogP contribution >= 0.6 is 74.4 Å². The van der Waals surface area contributed by atoms with Crippen LogP contribution < -0.4 is 0 Å². The summed E-state index contributed by atoms with van der Waals surface area (Å²) in [5.41, 5.74) is 0. The lowest BCUT2D eigenvalue weighted by Crippen LogP contribution is -2.03. The van der Waals surface area contributed by atoms with E-state index in [1.807, 2.05) is 0 Å². The van der Waals surface area contributed by atoms with Crippen molar-refractivity contribution in [1.82, 2.24) is 0 Å². The average molecular weight is 371 g/mol. The van der Waals surface area contributed by atoms with Crippen LogP contribution in [-0.4, -0.2) is 45.8 Å². The van der Waals surface area contributed by atoms with Crippen molar-refractivity contribution < 1.29 is 20.4 Å². The molecule has 0 aliphatic heterocycles. The molecule has 0 aromatic rings. The van der Waals surface area contributed by atoms with Gasteiger partial charge in [-0.15, -0.1) is 74.4 Å². The van der Waals surface area contributed by atoms with Gasteiger partial charge in [-0.2, -0.15) is 0 Å². The van der Waals surface area contributed by atoms with Crippen LogP contribution in [0.2, 0.25) is 0 Å². The smallest absolute Gasteiger partial charge is 0.0742 e. The summed E-state index contributed by atoms with van der Waals surface area (Å²) in [6.07, 6.45) is -1.12. The molecule has 4 N–H and O–H groups in total. The van der Waals surface area contributed by atoms with Gasteiger partial charge in [-0.25, -0.2) is 0 Å². The average Bonchev–Trinajstić information content (AvgIpc) is 1.89. The lowest BCUT2D eigenvalue weighted by molar-refractivity contribution is 0.110. The molecule has 0 fully saturated rings. The minimum Gasteiger partial charge on any atom is -0.394 e. The highest BCUT2D eigenvalue weighted by Gasteiger charge is 1.83. The first-order valence-corrected chi connectivity index (χ1v) is 3.12. The predicted octanol–water partition coefficient (Wildman–Crippen LogP) is 1.25. The standard InChI is InChI=1S/2C3H8O2.6ClH/c2*1-3(5)2-4;;;;;;/h2*3-5H,2H2,1H3;6*1H. The van der Waals surface area contributed by atoms with Gasteiger partial charge in [0.2, 0.25) is 0 Å². The Morgan fingerprint density at radius 1 is 0.625 bits per heavy atom. The molecule has 0 bridgehead atoms. The van der Waals surface area contributed by atoms with E-state index in [9.17, 15) is 0 Å². The maximum absolute atomic E-state index is 8.11. The van der Waals surface area contributed by atoms with Crippen LogP contribution in [0.3, 0.4) is 0 Å². The number of aliphatic hydroxyl groups excluding tert-OH is 4. The summed E-state index contributed by atoms with van der Waals surface area (Å²) >= 11 is 0. The summed E-state index contributed by atoms with van der Waals surface area (Å²) in [6.45, 7) is 2.78. The van der Waals surface area contributed by atoms with Crippen LogP contribution in [-0.2, 0) is 0 Å². The van der Waals surface area contributed by atoms with Gasteiger partial charge in [-0.1, -0.05) is 0 Å². The van der Waals surface area contributed by atoms with Gasteiger partial charge in [0.1, 0.15) is 0 Å². The number of hydrogen-bond acceptors (Lipinski definition) is 4. The van der Waals surface area contributed by atoms with E-state index in [-0.39, 0.29) is 87.7 Å². The molecule has 2 unspecified atom stereocenters. The number of hydrogen-bond donors (Lipinski definition) is 4. The minimum absolute atomic E-state index is 0. The first-order valence-electron chi connectivity index (χ1n) is 3.12. The van der Waals surface area contributed by atoms with E-state index in [1.165, 1.54) is 13.8 Å². The molecule has 0 aliphatic rings. The van der Waals surface area contributed by atoms with E-state index in [4.69, 9.17) is 20.4 Å². The molecular formula is C6H22Cl6O4. The van der Waals surface area contributed by atoms with E-state index >= 15 is 0 Å². The zero-order valence-corrected chi connectivity index (χ0v) is 13.7. The highest BCUT2D eigenvalue weighted by atomic mass is 35.5. The molecule has 10 heteroatoms. The summed E-state index contributed by atoms with van der Waals surface area (Å²) in [6, 6.07) is 0. The molecular weight excluding hydrogens is 349 g/mol. The normalized spacial score (nSPS) is 9.38. The zero-order valence-electron chi connectivity index (χ0n) is 8.81. The van der Waals surface area contributed by atoms with Gasteiger partial charge in [-0.3, -0.25) is 0 Å². The van der Waals surface area contributed by atoms with Crippen LogP contribution in [0.5, 0.6) is 0 Å². The van der Waals surface area contributed by atoms with Crippen LogP contribution in [0, 0.1) is 0 Å². The molecule has 0 spiro atoms. The second kappa shape index (κ2) is 43.9. The van der Waals surface area contributed by atoms with Crippen molar-refractivity contribution >= 4 is 74.4 Å². The zero-order chi connectivity index (χ0) is 8.57. The summed E-state index contributed by atoms with van der Waals surface area (Å²) in [5.74, 6) is 0. The SMILES string of the molecule is CC(O)CO.CC(O)CO.Cl.Cl.Cl.Cl.Cl.Cl. The van der Waals surface area contributed by atoms with E-state index in [0.717, 1.165) is 0 Å². The Morgan fingerprint density at radius 3 is 0.688 bits per heavy atom. The summed E-state index contributed by atoms with van der Waals surface area (Å²) in [7, 11) is 0. The molecule has 0 aromatic heterocycles. The Morgan fingerprint density at radius 2 is 0.688 bits per heavy atom. The van der Waals surface area contributed by atoms with Crippen molar-refractivity contribution in [3.63, 3.8) is 0 Å². The van der Waals surface area contributed by atoms with Crippen molar-refractivity contribution in [1.29, 1.82) is 0 Å². The van der Waals surface area contributed by atoms with Crippen molar-refractivity contribution in [2.24, 2.45) is 0 Å². The monoisotopic (exact) mass is 368 g/mol. The van der Waals surface area contributed by atoms with E-state index < -0.39 is 12.2 Å². The fourth-order valence-corrected chi connectivity index (χ4v) is 0. The number of rotatable bonds is 2. The molecule has 0 radical (unpaired) electrons. The third-order valence-corrected chi connectivity index (χ3v) is 0.528. The van der Waals surface area contributed by atoms with E-state index in [2.05, 4.69) is 0 Å². The molecule has 0 heterocycles. The lowest BCUT2D eigenvalue weighted by atomic mass is 10.5. The van der Waals surface area contributed by atoms with Gasteiger partial charge < -0.3 is 20.4 Å². The summed E-state index contributed by atoms with van der Waals surface area (Å²) in [5, 5.41) is 32.0. The van der Waals surface area contributed by atoms with Gasteiger partial charge in [0, 0.05) is 0 Å². The highest BCUT2D eigenvalue weighted by Crippen LogP contribution is 1.69. The Kier molecular flexibility index (Phi) is 144. The van der Waals surface area contributed by atoms with Crippen molar-refractivity contribution in [3.8, 4) is 0 Å². The van der Waals surface area contributed by atoms with Crippen LogP contribution in [0.4, 0.5) is 0 Å². The Labute approximate surface area is 134 Å². The number of aliphatic hydroxyl groups is 4. The molecule has 0 saturated carbocycles. The van der Waals surface area contributed by atoms with Crippen molar-refractivity contribution in [2.75, 3.05) is 13.2 Å². The van der Waals surface area contributed by atoms with Crippen LogP contribution in [0.25, 0.3) is 0 Å². The lowest BCUT2D eigenvalue weighted by Gasteiger charge is -1.90. The first-order chi connectivity index (χ1) is 4.54. The maximum atomic E-state index is 8.11. The fraction of sp³-hybridized carbons (Fsp3) is 1.00. The molecule has 4 nitrogen and oxygen atoms in total. The van der Waals surface area contributed by atoms with E-state index in [1.54, 1.807) is 0 Å². The fourth-order valence-electron chi connectivity index (χ4n) is 0. The van der Waals surface area contributed by atoms with Crippen LogP contribution in [0.1, 0.15) is 13.8 Å². The summed E-state index contributed by atoms with van der Waals surface area (Å²) < 4.78 is 0. The van der Waals surface area contributed by atoms with E-state index in [0.29, 0.717) is 0 Å². The third-order valence-electron chi connectivity index (χ3n) is 0.528. The predicted molar refractivity (Wildman–Crippen MR) is 81.0 cm³/mol. The molecule has 0 aliphatic carbocycles. The van der Waals surface area contributed by atoms with Crippen molar-refractivity contribution in [2.45, 2.75) is 26.1 Å². The van der Waals surface area contributed by atoms with Crippen LogP contribution in [0.15, 0.2) is 0 Å². The highest BCUT2D eigenvalue weighted by molar-refractivity contribution is 5.86. The van der Waals surface area contributed by atoms with Gasteiger partial charge >= 0.3 is 0 Å². The second-order valence-electron chi connectivity index (χ2n) is 2.06.